The summed E-state index contributed by atoms with van der Waals surface area (Å²) in [6.07, 6.45) is 0.871. The van der Waals surface area contributed by atoms with Crippen molar-refractivity contribution in [2.24, 2.45) is 5.92 Å². The van der Waals surface area contributed by atoms with Gasteiger partial charge in [-0.1, -0.05) is 0 Å². The zero-order chi connectivity index (χ0) is 24.0. The first-order chi connectivity index (χ1) is 16.2. The molecule has 1 N–H and O–H groups in total. The normalized spacial score (nSPS) is 21.7. The Labute approximate surface area is 193 Å². The summed E-state index contributed by atoms with van der Waals surface area (Å²) in [5.74, 6) is -0.282. The molecule has 2 fully saturated rings. The molecule has 6 nitrogen and oxygen atoms in total. The Morgan fingerprint density at radius 3 is 2.59 bits per heavy atom. The predicted molar refractivity (Wildman–Crippen MR) is 116 cm³/mol. The maximum Gasteiger partial charge on any atom is 0.417 e. The average Bonchev–Trinajstić information content (AvgIpc) is 3.39. The predicted octanol–water partition coefficient (Wildman–Crippen LogP) is 4.72. The number of alkyl halides is 3. The minimum Gasteiger partial charge on any atom is -0.365 e. The van der Waals surface area contributed by atoms with Crippen LogP contribution in [-0.2, 0) is 6.18 Å². The van der Waals surface area contributed by atoms with Gasteiger partial charge in [0.15, 0.2) is 0 Å². The third kappa shape index (κ3) is 3.97. The third-order valence-electron chi connectivity index (χ3n) is 6.52. The highest BCUT2D eigenvalue weighted by Crippen LogP contribution is 2.41. The number of pyridine rings is 3. The fraction of sp³-hybridized carbons (Fsp3) is 0.333. The molecule has 5 rings (SSSR count). The van der Waals surface area contributed by atoms with E-state index < -0.39 is 17.6 Å². The van der Waals surface area contributed by atoms with Crippen molar-refractivity contribution >= 4 is 11.7 Å². The highest BCUT2D eigenvalue weighted by molar-refractivity contribution is 5.99. The van der Waals surface area contributed by atoms with E-state index in [9.17, 15) is 22.4 Å². The molecule has 2 bridgehead atoms. The number of nitrogens with one attached hydrogen (secondary N) is 1. The monoisotopic (exact) mass is 471 g/mol. The highest BCUT2D eigenvalue weighted by Gasteiger charge is 2.48. The van der Waals surface area contributed by atoms with Crippen molar-refractivity contribution in [2.45, 2.75) is 38.0 Å². The van der Waals surface area contributed by atoms with Crippen molar-refractivity contribution in [3.05, 3.63) is 71.6 Å². The molecule has 2 aliphatic rings. The molecule has 3 atom stereocenters. The second-order valence-corrected chi connectivity index (χ2v) is 8.73. The second kappa shape index (κ2) is 8.34. The molecule has 34 heavy (non-hydrogen) atoms. The number of amides is 1. The number of anilines is 1. The van der Waals surface area contributed by atoms with Crippen molar-refractivity contribution in [1.82, 2.24) is 19.9 Å². The van der Waals surface area contributed by atoms with E-state index in [1.165, 1.54) is 30.6 Å². The van der Waals surface area contributed by atoms with Crippen molar-refractivity contribution in [2.75, 3.05) is 11.9 Å². The van der Waals surface area contributed by atoms with Gasteiger partial charge in [0.25, 0.3) is 5.91 Å². The fourth-order valence-electron chi connectivity index (χ4n) is 4.98. The van der Waals surface area contributed by atoms with Gasteiger partial charge in [0.05, 0.1) is 11.6 Å². The Balaban J connectivity index is 1.40. The molecule has 1 aliphatic carbocycles. The van der Waals surface area contributed by atoms with Gasteiger partial charge in [-0.05, 0) is 61.6 Å². The molecule has 176 valence electrons. The number of likely N-dealkylation sites (tertiary alicyclic amines) is 1. The quantitative estimate of drug-likeness (QED) is 0.558. The van der Waals surface area contributed by atoms with Gasteiger partial charge in [0, 0.05) is 36.7 Å². The van der Waals surface area contributed by atoms with Gasteiger partial charge in [0.2, 0.25) is 0 Å². The van der Waals surface area contributed by atoms with E-state index in [1.54, 1.807) is 17.9 Å². The molecule has 1 amide bonds. The summed E-state index contributed by atoms with van der Waals surface area (Å²) in [5.41, 5.74) is 0.440. The molecule has 0 spiro atoms. The van der Waals surface area contributed by atoms with Crippen LogP contribution >= 0.6 is 0 Å². The van der Waals surface area contributed by atoms with Gasteiger partial charge >= 0.3 is 6.18 Å². The lowest BCUT2D eigenvalue weighted by Gasteiger charge is -2.34. The van der Waals surface area contributed by atoms with Gasteiger partial charge in [0.1, 0.15) is 23.0 Å². The van der Waals surface area contributed by atoms with E-state index in [1.807, 2.05) is 0 Å². The summed E-state index contributed by atoms with van der Waals surface area (Å²) in [5, 5.41) is 3.19. The zero-order valence-corrected chi connectivity index (χ0v) is 18.2. The number of fused-ring (bicyclic) bond motifs is 2. The van der Waals surface area contributed by atoms with Crippen LogP contribution in [0, 0.1) is 18.7 Å². The summed E-state index contributed by atoms with van der Waals surface area (Å²) < 4.78 is 53.0. The molecule has 3 unspecified atom stereocenters. The first-order valence-electron chi connectivity index (χ1n) is 10.9. The molecule has 3 aromatic rings. The van der Waals surface area contributed by atoms with Crippen molar-refractivity contribution in [1.29, 1.82) is 0 Å². The molecule has 1 saturated carbocycles. The summed E-state index contributed by atoms with van der Waals surface area (Å²) in [4.78, 5) is 27.6. The summed E-state index contributed by atoms with van der Waals surface area (Å²) in [6.45, 7) is 2.32. The van der Waals surface area contributed by atoms with E-state index in [4.69, 9.17) is 0 Å². The highest BCUT2D eigenvalue weighted by atomic mass is 19.4. The molecule has 1 saturated heterocycles. The molecule has 3 aromatic heterocycles. The van der Waals surface area contributed by atoms with E-state index in [2.05, 4.69) is 20.3 Å². The van der Waals surface area contributed by atoms with Gasteiger partial charge in [-0.3, -0.25) is 14.8 Å². The largest absolute Gasteiger partial charge is 0.417 e. The van der Waals surface area contributed by atoms with Crippen LogP contribution in [0.25, 0.3) is 11.3 Å². The van der Waals surface area contributed by atoms with Crippen LogP contribution in [0.2, 0.25) is 0 Å². The van der Waals surface area contributed by atoms with Crippen molar-refractivity contribution < 1.29 is 22.4 Å². The van der Waals surface area contributed by atoms with E-state index >= 15 is 0 Å². The van der Waals surface area contributed by atoms with Gasteiger partial charge in [-0.2, -0.15) is 13.2 Å². The maximum absolute atomic E-state index is 14.5. The number of aryl methyl sites for hydroxylation is 1. The molecule has 0 aromatic carbocycles. The lowest BCUT2D eigenvalue weighted by atomic mass is 10.0. The Bertz CT molecular complexity index is 1230. The molecule has 0 radical (unpaired) electrons. The Morgan fingerprint density at radius 2 is 1.91 bits per heavy atom. The number of carbonyl (C=O) groups is 1. The maximum atomic E-state index is 14.5. The smallest absolute Gasteiger partial charge is 0.365 e. The average molecular weight is 471 g/mol. The van der Waals surface area contributed by atoms with Crippen LogP contribution in [0.3, 0.4) is 0 Å². The SMILES string of the molecule is Cc1ccnc(C(=O)N2CC3CC(Nc4ccc(C(F)(F)F)cn4)C2C3)c1-c1ncccc1F. The van der Waals surface area contributed by atoms with E-state index in [0.717, 1.165) is 25.1 Å². The first kappa shape index (κ1) is 22.2. The fourth-order valence-corrected chi connectivity index (χ4v) is 4.98. The van der Waals surface area contributed by atoms with Crippen molar-refractivity contribution in [3.8, 4) is 11.3 Å². The molecular formula is C24H21F4N5O. The number of aromatic nitrogens is 3. The number of hydrogen-bond donors (Lipinski definition) is 1. The number of nitrogens with zero attached hydrogens (tertiary/aromatic N) is 4. The standard InChI is InChI=1S/C24H21F4N5O/c1-13-6-8-30-22(20(13)21-16(25)3-2-7-29-21)23(34)33-12-14-9-17(18(33)10-14)32-19-5-4-15(11-31-19)24(26,27)28/h2-8,11,14,17-18H,9-10,12H2,1H3,(H,31,32). The molecule has 4 heterocycles. The topological polar surface area (TPSA) is 71.0 Å². The number of piperidine rings is 1. The lowest BCUT2D eigenvalue weighted by molar-refractivity contribution is -0.137. The van der Waals surface area contributed by atoms with Gasteiger partial charge in [-0.25, -0.2) is 9.37 Å². The zero-order valence-electron chi connectivity index (χ0n) is 18.2. The third-order valence-corrected chi connectivity index (χ3v) is 6.52. The van der Waals surface area contributed by atoms with E-state index in [0.29, 0.717) is 23.5 Å². The summed E-state index contributed by atoms with van der Waals surface area (Å²) in [7, 11) is 0. The number of hydrogen-bond acceptors (Lipinski definition) is 5. The first-order valence-corrected chi connectivity index (χ1v) is 10.9. The number of carbonyl (C=O) groups excluding carboxylic acids is 1. The molecular weight excluding hydrogens is 450 g/mol. The van der Waals surface area contributed by atoms with Crippen LogP contribution in [-0.4, -0.2) is 44.4 Å². The van der Waals surface area contributed by atoms with Crippen molar-refractivity contribution in [3.63, 3.8) is 0 Å². The van der Waals surface area contributed by atoms with Crippen LogP contribution in [0.1, 0.15) is 34.5 Å². The minimum absolute atomic E-state index is 0.0736. The summed E-state index contributed by atoms with van der Waals surface area (Å²) in [6, 6.07) is 6.42. The Morgan fingerprint density at radius 1 is 1.09 bits per heavy atom. The minimum atomic E-state index is -4.45. The Kier molecular flexibility index (Phi) is 5.45. The van der Waals surface area contributed by atoms with Crippen LogP contribution in [0.15, 0.2) is 48.9 Å². The summed E-state index contributed by atoms with van der Waals surface area (Å²) >= 11 is 0. The second-order valence-electron chi connectivity index (χ2n) is 8.73. The van der Waals surface area contributed by atoms with Crippen LogP contribution in [0.5, 0.6) is 0 Å². The van der Waals surface area contributed by atoms with Crippen LogP contribution < -0.4 is 5.32 Å². The molecule has 1 aliphatic heterocycles. The number of halogens is 4. The van der Waals surface area contributed by atoms with E-state index in [-0.39, 0.29) is 35.3 Å². The van der Waals surface area contributed by atoms with Gasteiger partial charge in [-0.15, -0.1) is 0 Å². The van der Waals surface area contributed by atoms with Gasteiger partial charge < -0.3 is 10.2 Å². The lowest BCUT2D eigenvalue weighted by Crippen LogP contribution is -2.48. The van der Waals surface area contributed by atoms with Crippen LogP contribution in [0.4, 0.5) is 23.4 Å². The number of rotatable bonds is 4. The Hall–Kier alpha value is -3.56. The molecule has 10 heteroatoms.